The second-order valence-electron chi connectivity index (χ2n) is 4.98. The summed E-state index contributed by atoms with van der Waals surface area (Å²) in [4.78, 5) is 0. The molecule has 0 atom stereocenters. The summed E-state index contributed by atoms with van der Waals surface area (Å²) in [5.74, 6) is 1.61. The van der Waals surface area contributed by atoms with Crippen molar-refractivity contribution in [1.82, 2.24) is 5.32 Å². The first kappa shape index (κ1) is 15.0. The SMILES string of the molecule is COCCOc1ccc(C)cc1CNCC(C)C. The van der Waals surface area contributed by atoms with E-state index >= 15 is 0 Å². The van der Waals surface area contributed by atoms with E-state index < -0.39 is 0 Å². The minimum Gasteiger partial charge on any atom is -0.491 e. The maximum atomic E-state index is 5.73. The van der Waals surface area contributed by atoms with Gasteiger partial charge >= 0.3 is 0 Å². The van der Waals surface area contributed by atoms with E-state index in [1.165, 1.54) is 11.1 Å². The van der Waals surface area contributed by atoms with Crippen LogP contribution < -0.4 is 10.1 Å². The van der Waals surface area contributed by atoms with Crippen LogP contribution in [-0.2, 0) is 11.3 Å². The van der Waals surface area contributed by atoms with E-state index in [-0.39, 0.29) is 0 Å². The number of hydrogen-bond acceptors (Lipinski definition) is 3. The van der Waals surface area contributed by atoms with Crippen molar-refractivity contribution in [3.8, 4) is 5.75 Å². The van der Waals surface area contributed by atoms with E-state index in [0.29, 0.717) is 19.1 Å². The third kappa shape index (κ3) is 5.52. The van der Waals surface area contributed by atoms with Crippen LogP contribution in [0.5, 0.6) is 5.75 Å². The summed E-state index contributed by atoms with van der Waals surface area (Å²) in [7, 11) is 1.68. The second-order valence-corrected chi connectivity index (χ2v) is 4.98. The quantitative estimate of drug-likeness (QED) is 0.721. The van der Waals surface area contributed by atoms with Gasteiger partial charge in [0.1, 0.15) is 12.4 Å². The Morgan fingerprint density at radius 1 is 1.22 bits per heavy atom. The largest absolute Gasteiger partial charge is 0.491 e. The van der Waals surface area contributed by atoms with Gasteiger partial charge in [0.2, 0.25) is 0 Å². The lowest BCUT2D eigenvalue weighted by Crippen LogP contribution is -2.19. The molecule has 3 nitrogen and oxygen atoms in total. The Hall–Kier alpha value is -1.06. The van der Waals surface area contributed by atoms with Crippen LogP contribution in [0.2, 0.25) is 0 Å². The predicted octanol–water partition coefficient (Wildman–Crippen LogP) is 2.77. The number of methoxy groups -OCH3 is 1. The van der Waals surface area contributed by atoms with Crippen LogP contribution in [0.15, 0.2) is 18.2 Å². The number of hydrogen-bond donors (Lipinski definition) is 1. The summed E-state index contributed by atoms with van der Waals surface area (Å²) < 4.78 is 10.7. The number of nitrogens with one attached hydrogen (secondary N) is 1. The number of rotatable bonds is 8. The Balaban J connectivity index is 2.58. The van der Waals surface area contributed by atoms with Crippen LogP contribution in [0.3, 0.4) is 0 Å². The molecule has 0 amide bonds. The molecule has 0 aliphatic heterocycles. The maximum absolute atomic E-state index is 5.73. The maximum Gasteiger partial charge on any atom is 0.123 e. The molecule has 1 aromatic rings. The van der Waals surface area contributed by atoms with Crippen molar-refractivity contribution in [3.05, 3.63) is 29.3 Å². The average molecular weight is 251 g/mol. The summed E-state index contributed by atoms with van der Waals surface area (Å²) in [6.07, 6.45) is 0. The molecule has 0 spiro atoms. The normalized spacial score (nSPS) is 10.9. The van der Waals surface area contributed by atoms with Gasteiger partial charge in [0.25, 0.3) is 0 Å². The van der Waals surface area contributed by atoms with Gasteiger partial charge in [-0.3, -0.25) is 0 Å². The predicted molar refractivity (Wildman–Crippen MR) is 75.1 cm³/mol. The molecule has 18 heavy (non-hydrogen) atoms. The molecule has 0 radical (unpaired) electrons. The summed E-state index contributed by atoms with van der Waals surface area (Å²) in [6.45, 7) is 9.60. The molecule has 0 bridgehead atoms. The lowest BCUT2D eigenvalue weighted by Gasteiger charge is -2.13. The van der Waals surface area contributed by atoms with E-state index in [1.54, 1.807) is 7.11 Å². The van der Waals surface area contributed by atoms with Gasteiger partial charge in [-0.2, -0.15) is 0 Å². The third-order valence-corrected chi connectivity index (χ3v) is 2.63. The minimum atomic E-state index is 0.594. The van der Waals surface area contributed by atoms with Gasteiger partial charge in [-0.1, -0.05) is 31.5 Å². The van der Waals surface area contributed by atoms with Crippen molar-refractivity contribution >= 4 is 0 Å². The van der Waals surface area contributed by atoms with E-state index in [2.05, 4.69) is 38.2 Å². The van der Waals surface area contributed by atoms with Crippen molar-refractivity contribution in [2.75, 3.05) is 26.9 Å². The highest BCUT2D eigenvalue weighted by Crippen LogP contribution is 2.20. The van der Waals surface area contributed by atoms with Crippen LogP contribution in [0.4, 0.5) is 0 Å². The zero-order valence-electron chi connectivity index (χ0n) is 12.0. The molecule has 102 valence electrons. The number of aryl methyl sites for hydroxylation is 1. The summed E-state index contributed by atoms with van der Waals surface area (Å²) in [5, 5.41) is 3.45. The van der Waals surface area contributed by atoms with Crippen molar-refractivity contribution in [2.24, 2.45) is 5.92 Å². The van der Waals surface area contributed by atoms with Crippen molar-refractivity contribution in [1.29, 1.82) is 0 Å². The molecule has 1 rings (SSSR count). The third-order valence-electron chi connectivity index (χ3n) is 2.63. The highest BCUT2D eigenvalue weighted by molar-refractivity contribution is 5.36. The van der Waals surface area contributed by atoms with Crippen LogP contribution in [0.1, 0.15) is 25.0 Å². The fraction of sp³-hybridized carbons (Fsp3) is 0.600. The van der Waals surface area contributed by atoms with Crippen molar-refractivity contribution < 1.29 is 9.47 Å². The lowest BCUT2D eigenvalue weighted by molar-refractivity contribution is 0.145. The molecule has 0 fully saturated rings. The standard InChI is InChI=1S/C15H25NO2/c1-12(2)10-16-11-14-9-13(3)5-6-15(14)18-8-7-17-4/h5-6,9,12,16H,7-8,10-11H2,1-4H3. The summed E-state index contributed by atoms with van der Waals surface area (Å²) >= 11 is 0. The van der Waals surface area contributed by atoms with E-state index in [0.717, 1.165) is 18.8 Å². The average Bonchev–Trinajstić information content (AvgIpc) is 2.31. The zero-order chi connectivity index (χ0) is 13.4. The molecular weight excluding hydrogens is 226 g/mol. The van der Waals surface area contributed by atoms with Crippen LogP contribution in [0.25, 0.3) is 0 Å². The molecule has 1 N–H and O–H groups in total. The molecule has 0 saturated heterocycles. The number of benzene rings is 1. The first-order valence-corrected chi connectivity index (χ1v) is 6.55. The Labute approximate surface area is 110 Å². The van der Waals surface area contributed by atoms with Crippen LogP contribution in [-0.4, -0.2) is 26.9 Å². The molecular formula is C15H25NO2. The smallest absolute Gasteiger partial charge is 0.123 e. The topological polar surface area (TPSA) is 30.5 Å². The van der Waals surface area contributed by atoms with E-state index in [4.69, 9.17) is 9.47 Å². The lowest BCUT2D eigenvalue weighted by atomic mass is 10.1. The molecule has 0 aromatic heterocycles. The van der Waals surface area contributed by atoms with Crippen molar-refractivity contribution in [2.45, 2.75) is 27.3 Å². The monoisotopic (exact) mass is 251 g/mol. The van der Waals surface area contributed by atoms with Gasteiger partial charge in [0.05, 0.1) is 6.61 Å². The van der Waals surface area contributed by atoms with E-state index in [1.807, 2.05) is 6.07 Å². The zero-order valence-corrected chi connectivity index (χ0v) is 12.0. The van der Waals surface area contributed by atoms with Gasteiger partial charge in [-0.25, -0.2) is 0 Å². The summed E-state index contributed by atoms with van der Waals surface area (Å²) in [6, 6.07) is 6.29. The second kappa shape index (κ2) is 8.11. The fourth-order valence-electron chi connectivity index (χ4n) is 1.72. The Kier molecular flexibility index (Phi) is 6.76. The molecule has 3 heteroatoms. The Bertz CT molecular complexity index is 350. The van der Waals surface area contributed by atoms with Gasteiger partial charge in [-0.15, -0.1) is 0 Å². The molecule has 0 aliphatic rings. The molecule has 1 aromatic carbocycles. The van der Waals surface area contributed by atoms with Crippen molar-refractivity contribution in [3.63, 3.8) is 0 Å². The molecule has 0 heterocycles. The van der Waals surface area contributed by atoms with E-state index in [9.17, 15) is 0 Å². The first-order chi connectivity index (χ1) is 8.63. The Morgan fingerprint density at radius 3 is 2.67 bits per heavy atom. The molecule has 0 unspecified atom stereocenters. The minimum absolute atomic E-state index is 0.594. The van der Waals surface area contributed by atoms with Gasteiger partial charge in [0.15, 0.2) is 0 Å². The van der Waals surface area contributed by atoms with Gasteiger partial charge in [-0.05, 0) is 25.5 Å². The first-order valence-electron chi connectivity index (χ1n) is 6.55. The summed E-state index contributed by atoms with van der Waals surface area (Å²) in [5.41, 5.74) is 2.47. The van der Waals surface area contributed by atoms with Gasteiger partial charge < -0.3 is 14.8 Å². The van der Waals surface area contributed by atoms with Crippen LogP contribution in [0, 0.1) is 12.8 Å². The highest BCUT2D eigenvalue weighted by Gasteiger charge is 2.04. The Morgan fingerprint density at radius 2 is 2.00 bits per heavy atom. The molecule has 0 saturated carbocycles. The number of ether oxygens (including phenoxy) is 2. The van der Waals surface area contributed by atoms with Gasteiger partial charge in [0, 0.05) is 19.2 Å². The fourth-order valence-corrected chi connectivity index (χ4v) is 1.72. The van der Waals surface area contributed by atoms with Crippen LogP contribution >= 0.6 is 0 Å². The molecule has 0 aliphatic carbocycles. The highest BCUT2D eigenvalue weighted by atomic mass is 16.5.